The second-order valence-electron chi connectivity index (χ2n) is 7.22. The normalized spacial score (nSPS) is 12.2. The number of hydrogen-bond acceptors (Lipinski definition) is 5. The molecule has 31 heavy (non-hydrogen) atoms. The molecule has 0 aliphatic heterocycles. The Kier molecular flexibility index (Phi) is 5.62. The van der Waals surface area contributed by atoms with Gasteiger partial charge in [0.15, 0.2) is 11.3 Å². The zero-order chi connectivity index (χ0) is 22.0. The van der Waals surface area contributed by atoms with Gasteiger partial charge in [-0.2, -0.15) is 0 Å². The van der Waals surface area contributed by atoms with Crippen molar-refractivity contribution in [3.8, 4) is 5.75 Å². The third-order valence-corrected chi connectivity index (χ3v) is 5.10. The number of nitrogens with one attached hydrogen (secondary N) is 2. The van der Waals surface area contributed by atoms with Crippen molar-refractivity contribution in [2.45, 2.75) is 32.9 Å². The molecular formula is C23H23N3O5. The van der Waals surface area contributed by atoms with Crippen LogP contribution in [0.25, 0.3) is 21.9 Å². The monoisotopic (exact) mass is 421 g/mol. The largest absolute Gasteiger partial charge is 0.490 e. The molecule has 0 fully saturated rings. The number of fused-ring (bicyclic) bond motifs is 2. The smallest absolute Gasteiger partial charge is 0.328 e. The van der Waals surface area contributed by atoms with Gasteiger partial charge in [-0.05, 0) is 38.1 Å². The van der Waals surface area contributed by atoms with Gasteiger partial charge in [-0.15, -0.1) is 0 Å². The maximum absolute atomic E-state index is 12.5. The number of carbonyl (C=O) groups is 1. The summed E-state index contributed by atoms with van der Waals surface area (Å²) in [6.07, 6.45) is 0.0741. The third kappa shape index (κ3) is 4.09. The van der Waals surface area contributed by atoms with E-state index in [2.05, 4.69) is 10.3 Å². The van der Waals surface area contributed by atoms with Crippen LogP contribution in [0.1, 0.15) is 32.1 Å². The number of benzene rings is 2. The molecule has 0 aliphatic rings. The standard InChI is InChI=1S/C23H23N3O5/c1-3-30-18-10-6-7-15-13-19(31-21(15)18)14(2)24-20(27)11-12-26-17-9-5-4-8-16(17)22(28)25-23(26)29/h4-10,13-14H,3,11-12H2,1-2H3,(H,24,27)(H,25,28,29). The van der Waals surface area contributed by atoms with Gasteiger partial charge in [-0.1, -0.05) is 24.3 Å². The van der Waals surface area contributed by atoms with Crippen LogP contribution in [0, 0.1) is 0 Å². The van der Waals surface area contributed by atoms with Gasteiger partial charge in [0.2, 0.25) is 5.91 Å². The molecule has 0 bridgehead atoms. The number of aromatic amines is 1. The van der Waals surface area contributed by atoms with Gasteiger partial charge in [0.05, 0.1) is 23.6 Å². The number of H-pyrrole nitrogens is 1. The van der Waals surface area contributed by atoms with Crippen molar-refractivity contribution in [2.24, 2.45) is 0 Å². The van der Waals surface area contributed by atoms with Gasteiger partial charge in [0, 0.05) is 18.4 Å². The molecule has 4 aromatic rings. The van der Waals surface area contributed by atoms with Gasteiger partial charge in [-0.3, -0.25) is 19.1 Å². The van der Waals surface area contributed by atoms with Crippen LogP contribution >= 0.6 is 0 Å². The Balaban J connectivity index is 1.48. The quantitative estimate of drug-likeness (QED) is 0.477. The Hall–Kier alpha value is -3.81. The first-order chi connectivity index (χ1) is 15.0. The minimum absolute atomic E-state index is 0.0741. The van der Waals surface area contributed by atoms with Crippen molar-refractivity contribution in [1.29, 1.82) is 0 Å². The molecule has 1 atom stereocenters. The van der Waals surface area contributed by atoms with E-state index >= 15 is 0 Å². The van der Waals surface area contributed by atoms with E-state index in [9.17, 15) is 14.4 Å². The van der Waals surface area contributed by atoms with Crippen LogP contribution in [-0.4, -0.2) is 22.1 Å². The predicted molar refractivity (Wildman–Crippen MR) is 117 cm³/mol. The number of rotatable bonds is 7. The van der Waals surface area contributed by atoms with Crippen LogP contribution in [-0.2, 0) is 11.3 Å². The summed E-state index contributed by atoms with van der Waals surface area (Å²) >= 11 is 0. The molecule has 1 unspecified atom stereocenters. The molecule has 8 nitrogen and oxygen atoms in total. The van der Waals surface area contributed by atoms with Crippen molar-refractivity contribution in [2.75, 3.05) is 6.61 Å². The summed E-state index contributed by atoms with van der Waals surface area (Å²) in [6, 6.07) is 14.0. The Labute approximate surface area is 177 Å². The number of hydrogen-bond donors (Lipinski definition) is 2. The SMILES string of the molecule is CCOc1cccc2cc(C(C)NC(=O)CCn3c(=O)[nH]c(=O)c4ccccc43)oc12. The van der Waals surface area contributed by atoms with E-state index in [1.807, 2.05) is 38.1 Å². The first-order valence-electron chi connectivity index (χ1n) is 10.1. The summed E-state index contributed by atoms with van der Waals surface area (Å²) in [7, 11) is 0. The van der Waals surface area contributed by atoms with E-state index < -0.39 is 11.2 Å². The lowest BCUT2D eigenvalue weighted by Crippen LogP contribution is -2.33. The number of carbonyl (C=O) groups excluding carboxylic acids is 1. The number of ether oxygens (including phenoxy) is 1. The second-order valence-corrected chi connectivity index (χ2v) is 7.22. The van der Waals surface area contributed by atoms with Crippen LogP contribution in [0.3, 0.4) is 0 Å². The second kappa shape index (κ2) is 8.51. The number of aryl methyl sites for hydroxylation is 1. The van der Waals surface area contributed by atoms with Gasteiger partial charge in [0.25, 0.3) is 5.56 Å². The van der Waals surface area contributed by atoms with E-state index in [0.717, 1.165) is 5.39 Å². The summed E-state index contributed by atoms with van der Waals surface area (Å²) in [5.41, 5.74) is 0.168. The van der Waals surface area contributed by atoms with E-state index in [-0.39, 0.29) is 24.9 Å². The molecule has 4 rings (SSSR count). The van der Waals surface area contributed by atoms with Gasteiger partial charge in [-0.25, -0.2) is 4.79 Å². The van der Waals surface area contributed by atoms with Gasteiger partial charge >= 0.3 is 5.69 Å². The highest BCUT2D eigenvalue weighted by Crippen LogP contribution is 2.31. The molecule has 2 aromatic heterocycles. The highest BCUT2D eigenvalue weighted by molar-refractivity contribution is 5.84. The topological polar surface area (TPSA) is 106 Å². The molecule has 2 aromatic carbocycles. The minimum Gasteiger partial charge on any atom is -0.490 e. The number of aromatic nitrogens is 2. The van der Waals surface area contributed by atoms with Crippen LogP contribution in [0.5, 0.6) is 5.75 Å². The van der Waals surface area contributed by atoms with Crippen LogP contribution in [0.2, 0.25) is 0 Å². The Bertz CT molecular complexity index is 1370. The molecular weight excluding hydrogens is 398 g/mol. The van der Waals surface area contributed by atoms with Crippen LogP contribution < -0.4 is 21.3 Å². The molecule has 160 valence electrons. The fourth-order valence-corrected chi connectivity index (χ4v) is 3.60. The number of furan rings is 1. The van der Waals surface area contributed by atoms with E-state index in [0.29, 0.717) is 34.6 Å². The van der Waals surface area contributed by atoms with Gasteiger partial charge < -0.3 is 14.5 Å². The van der Waals surface area contributed by atoms with Crippen molar-refractivity contribution >= 4 is 27.8 Å². The lowest BCUT2D eigenvalue weighted by Gasteiger charge is -2.13. The predicted octanol–water partition coefficient (Wildman–Crippen LogP) is 3.10. The molecule has 2 heterocycles. The maximum Gasteiger partial charge on any atom is 0.328 e. The first kappa shape index (κ1) is 20.5. The average molecular weight is 421 g/mol. The maximum atomic E-state index is 12.5. The van der Waals surface area contributed by atoms with Crippen molar-refractivity contribution in [3.63, 3.8) is 0 Å². The van der Waals surface area contributed by atoms with Crippen molar-refractivity contribution in [1.82, 2.24) is 14.9 Å². The zero-order valence-electron chi connectivity index (χ0n) is 17.3. The number of para-hydroxylation sites is 2. The van der Waals surface area contributed by atoms with E-state index in [4.69, 9.17) is 9.15 Å². The molecule has 1 amide bonds. The Morgan fingerprint density at radius 2 is 2.00 bits per heavy atom. The first-order valence-corrected chi connectivity index (χ1v) is 10.1. The number of nitrogens with zero attached hydrogens (tertiary/aromatic N) is 1. The molecule has 8 heteroatoms. The lowest BCUT2D eigenvalue weighted by atomic mass is 10.2. The van der Waals surface area contributed by atoms with Crippen molar-refractivity contribution < 1.29 is 13.9 Å². The van der Waals surface area contributed by atoms with E-state index in [1.165, 1.54) is 4.57 Å². The molecule has 0 saturated heterocycles. The summed E-state index contributed by atoms with van der Waals surface area (Å²) in [6.45, 7) is 4.41. The fraction of sp³-hybridized carbons (Fsp3) is 0.261. The zero-order valence-corrected chi connectivity index (χ0v) is 17.3. The highest BCUT2D eigenvalue weighted by Gasteiger charge is 2.17. The lowest BCUT2D eigenvalue weighted by molar-refractivity contribution is -0.122. The summed E-state index contributed by atoms with van der Waals surface area (Å²) < 4.78 is 12.9. The Morgan fingerprint density at radius 3 is 2.81 bits per heavy atom. The third-order valence-electron chi connectivity index (χ3n) is 5.10. The van der Waals surface area contributed by atoms with E-state index in [1.54, 1.807) is 24.3 Å². The van der Waals surface area contributed by atoms with Crippen molar-refractivity contribution in [3.05, 3.63) is 75.1 Å². The minimum atomic E-state index is -0.537. The molecule has 0 saturated carbocycles. The average Bonchev–Trinajstić information content (AvgIpc) is 3.19. The summed E-state index contributed by atoms with van der Waals surface area (Å²) in [5, 5.41) is 4.20. The van der Waals surface area contributed by atoms with Crippen LogP contribution in [0.15, 0.2) is 62.5 Å². The molecule has 0 spiro atoms. The summed E-state index contributed by atoms with van der Waals surface area (Å²) in [4.78, 5) is 39.0. The van der Waals surface area contributed by atoms with Crippen LogP contribution in [0.4, 0.5) is 0 Å². The molecule has 0 radical (unpaired) electrons. The highest BCUT2D eigenvalue weighted by atomic mass is 16.5. The summed E-state index contributed by atoms with van der Waals surface area (Å²) in [5.74, 6) is 1.04. The molecule has 0 aliphatic carbocycles. The fourth-order valence-electron chi connectivity index (χ4n) is 3.60. The van der Waals surface area contributed by atoms with Gasteiger partial charge in [0.1, 0.15) is 5.76 Å². The number of amides is 1. The molecule has 2 N–H and O–H groups in total. The Morgan fingerprint density at radius 1 is 1.19 bits per heavy atom.